The van der Waals surface area contributed by atoms with E-state index in [1.54, 1.807) is 32.9 Å². The number of nitrogens with zero attached hydrogens (tertiary/aromatic N) is 4. The molecular weight excluding hydrogens is 466 g/mol. The zero-order valence-corrected chi connectivity index (χ0v) is 20.8. The summed E-state index contributed by atoms with van der Waals surface area (Å²) in [6, 6.07) is 5.28. The molecule has 0 unspecified atom stereocenters. The van der Waals surface area contributed by atoms with Crippen molar-refractivity contribution in [2.75, 3.05) is 18.5 Å². The third-order valence-electron chi connectivity index (χ3n) is 6.77. The molecular formula is C25H32N5O6. The molecule has 2 N–H and O–H groups in total. The number of hydrogen-bond donors (Lipinski definition) is 2. The van der Waals surface area contributed by atoms with E-state index in [0.717, 1.165) is 25.7 Å². The Balaban J connectivity index is 1.50. The normalized spacial score (nSPS) is 24.6. The number of aliphatic hydroxyl groups is 1. The van der Waals surface area contributed by atoms with Gasteiger partial charge in [0.15, 0.2) is 5.82 Å². The molecule has 2 aromatic heterocycles. The van der Waals surface area contributed by atoms with Crippen LogP contribution in [0.5, 0.6) is 0 Å². The lowest BCUT2D eigenvalue weighted by molar-refractivity contribution is -0.149. The van der Waals surface area contributed by atoms with Crippen LogP contribution in [0.25, 0.3) is 5.52 Å². The maximum Gasteiger partial charge on any atom is 0.306 e. The number of nitriles is 1. The van der Waals surface area contributed by atoms with E-state index in [1.807, 2.05) is 0 Å². The molecule has 0 aromatic carbocycles. The van der Waals surface area contributed by atoms with Crippen LogP contribution in [0, 0.1) is 23.7 Å². The van der Waals surface area contributed by atoms with Crippen molar-refractivity contribution in [2.45, 2.75) is 76.3 Å². The van der Waals surface area contributed by atoms with E-state index in [1.165, 1.54) is 17.3 Å². The number of hydrogen-bond acceptors (Lipinski definition) is 9. The van der Waals surface area contributed by atoms with E-state index in [-0.39, 0.29) is 24.1 Å². The SMILES string of the molecule is CCOC(C)(C)C(=O)Nc1ncnn2c([C@]3(C#N)O[C@@H](COC(=O)CC4CCCC4)[CH][C@H]3O)ccc12. The maximum atomic E-state index is 12.7. The first-order chi connectivity index (χ1) is 17.2. The summed E-state index contributed by atoms with van der Waals surface area (Å²) in [5, 5.41) is 27.9. The number of amides is 1. The summed E-state index contributed by atoms with van der Waals surface area (Å²) in [7, 11) is 0. The summed E-state index contributed by atoms with van der Waals surface area (Å²) < 4.78 is 18.2. The Labute approximate surface area is 209 Å². The lowest BCUT2D eigenvalue weighted by Gasteiger charge is -2.25. The van der Waals surface area contributed by atoms with Crippen LogP contribution >= 0.6 is 0 Å². The first-order valence-electron chi connectivity index (χ1n) is 12.3. The molecule has 36 heavy (non-hydrogen) atoms. The highest BCUT2D eigenvalue weighted by molar-refractivity contribution is 5.98. The Bertz CT molecular complexity index is 1150. The van der Waals surface area contributed by atoms with Crippen LogP contribution in [-0.2, 0) is 29.4 Å². The van der Waals surface area contributed by atoms with Crippen LogP contribution in [0.3, 0.4) is 0 Å². The molecule has 1 aliphatic heterocycles. The van der Waals surface area contributed by atoms with E-state index in [9.17, 15) is 20.0 Å². The van der Waals surface area contributed by atoms with Crippen LogP contribution in [0.1, 0.15) is 58.6 Å². The highest BCUT2D eigenvalue weighted by Gasteiger charge is 2.52. The first kappa shape index (κ1) is 26.0. The van der Waals surface area contributed by atoms with Crippen LogP contribution < -0.4 is 5.32 Å². The Morgan fingerprint density at radius 2 is 2.11 bits per heavy atom. The number of fused-ring (bicyclic) bond motifs is 1. The van der Waals surface area contributed by atoms with Crippen LogP contribution in [0.15, 0.2) is 18.5 Å². The Kier molecular flexibility index (Phi) is 7.59. The second kappa shape index (κ2) is 10.5. The molecule has 3 heterocycles. The molecule has 1 saturated heterocycles. The largest absolute Gasteiger partial charge is 0.463 e. The molecule has 11 nitrogen and oxygen atoms in total. The van der Waals surface area contributed by atoms with Gasteiger partial charge < -0.3 is 24.6 Å². The molecule has 193 valence electrons. The second-order valence-corrected chi connectivity index (χ2v) is 9.70. The fourth-order valence-corrected chi connectivity index (χ4v) is 4.82. The van der Waals surface area contributed by atoms with Crippen LogP contribution in [0.2, 0.25) is 0 Å². The molecule has 1 radical (unpaired) electrons. The number of anilines is 1. The number of rotatable bonds is 9. The molecule has 2 fully saturated rings. The average Bonchev–Trinajstić information content (AvgIpc) is 3.57. The van der Waals surface area contributed by atoms with Crippen molar-refractivity contribution >= 4 is 23.2 Å². The van der Waals surface area contributed by atoms with Gasteiger partial charge in [-0.25, -0.2) is 9.50 Å². The van der Waals surface area contributed by atoms with Crippen molar-refractivity contribution in [3.63, 3.8) is 0 Å². The van der Waals surface area contributed by atoms with Crippen molar-refractivity contribution in [1.29, 1.82) is 5.26 Å². The number of nitrogens with one attached hydrogen (secondary N) is 1. The topological polar surface area (TPSA) is 148 Å². The number of aliphatic hydroxyl groups excluding tert-OH is 1. The lowest BCUT2D eigenvalue weighted by atomic mass is 9.94. The van der Waals surface area contributed by atoms with Gasteiger partial charge in [0.05, 0.1) is 5.69 Å². The smallest absolute Gasteiger partial charge is 0.306 e. The monoisotopic (exact) mass is 498 g/mol. The molecule has 1 saturated carbocycles. The Morgan fingerprint density at radius 3 is 2.81 bits per heavy atom. The molecule has 2 aromatic rings. The lowest BCUT2D eigenvalue weighted by Crippen LogP contribution is -2.40. The first-order valence-corrected chi connectivity index (χ1v) is 12.3. The molecule has 0 spiro atoms. The minimum Gasteiger partial charge on any atom is -0.463 e. The zero-order chi connectivity index (χ0) is 25.9. The van der Waals surface area contributed by atoms with E-state index in [0.29, 0.717) is 24.5 Å². The number of esters is 1. The summed E-state index contributed by atoms with van der Waals surface area (Å²) in [6.45, 7) is 5.36. The van der Waals surface area contributed by atoms with Gasteiger partial charge in [-0.3, -0.25) is 9.59 Å². The van der Waals surface area contributed by atoms with Crippen molar-refractivity contribution in [1.82, 2.24) is 14.6 Å². The minimum atomic E-state index is -1.78. The molecule has 4 rings (SSSR count). The number of aromatic nitrogens is 3. The van der Waals surface area contributed by atoms with E-state index in [4.69, 9.17) is 14.2 Å². The number of carbonyl (C=O) groups is 2. The van der Waals surface area contributed by atoms with Gasteiger partial charge in [0.1, 0.15) is 42.3 Å². The van der Waals surface area contributed by atoms with Gasteiger partial charge in [0, 0.05) is 19.4 Å². The third kappa shape index (κ3) is 5.07. The number of ether oxygens (including phenoxy) is 3. The molecule has 11 heteroatoms. The predicted octanol–water partition coefficient (Wildman–Crippen LogP) is 2.29. The molecule has 1 amide bonds. The van der Waals surface area contributed by atoms with Crippen molar-refractivity contribution in [3.05, 3.63) is 30.6 Å². The summed E-state index contributed by atoms with van der Waals surface area (Å²) in [4.78, 5) is 29.1. The molecule has 3 atom stereocenters. The molecule has 2 aliphatic rings. The van der Waals surface area contributed by atoms with E-state index < -0.39 is 29.3 Å². The Hall–Kier alpha value is -3.07. The highest BCUT2D eigenvalue weighted by atomic mass is 16.6. The molecule has 0 bridgehead atoms. The average molecular weight is 499 g/mol. The standard InChI is InChI=1S/C25H32N5O6/c1-4-35-24(2,3)23(33)29-22-18-9-10-19(30(18)28-15-27-22)25(14-26)20(31)12-17(36-25)13-34-21(32)11-16-7-5-6-8-16/h9-10,12,15-17,20,31H,4-8,11,13H2,1-3H3,(H,27,28,29,33)/t17-,20-,25+/m1/s1. The highest BCUT2D eigenvalue weighted by Crippen LogP contribution is 2.40. The minimum absolute atomic E-state index is 0.0991. The number of carbonyl (C=O) groups excluding carboxylic acids is 2. The van der Waals surface area contributed by atoms with Gasteiger partial charge in [-0.15, -0.1) is 0 Å². The summed E-state index contributed by atoms with van der Waals surface area (Å²) >= 11 is 0. The third-order valence-corrected chi connectivity index (χ3v) is 6.77. The second-order valence-electron chi connectivity index (χ2n) is 9.70. The summed E-state index contributed by atoms with van der Waals surface area (Å²) in [6.07, 6.45) is 5.32. The fourth-order valence-electron chi connectivity index (χ4n) is 4.82. The van der Waals surface area contributed by atoms with Gasteiger partial charge in [-0.1, -0.05) is 12.8 Å². The zero-order valence-electron chi connectivity index (χ0n) is 20.8. The van der Waals surface area contributed by atoms with Crippen LogP contribution in [0.4, 0.5) is 5.82 Å². The van der Waals surface area contributed by atoms with Crippen molar-refractivity contribution in [3.8, 4) is 6.07 Å². The summed E-state index contributed by atoms with van der Waals surface area (Å²) in [5.41, 5.74) is -2.20. The van der Waals surface area contributed by atoms with Crippen molar-refractivity contribution < 1.29 is 28.9 Å². The predicted molar refractivity (Wildman–Crippen MR) is 127 cm³/mol. The van der Waals surface area contributed by atoms with Gasteiger partial charge in [0.25, 0.3) is 5.91 Å². The van der Waals surface area contributed by atoms with Gasteiger partial charge in [0.2, 0.25) is 5.60 Å². The maximum absolute atomic E-state index is 12.7. The van der Waals surface area contributed by atoms with Gasteiger partial charge in [-0.05, 0) is 51.7 Å². The van der Waals surface area contributed by atoms with E-state index in [2.05, 4.69) is 21.5 Å². The van der Waals surface area contributed by atoms with Crippen LogP contribution in [-0.4, -0.2) is 62.6 Å². The van der Waals surface area contributed by atoms with Gasteiger partial charge >= 0.3 is 5.97 Å². The van der Waals surface area contributed by atoms with E-state index >= 15 is 0 Å². The Morgan fingerprint density at radius 1 is 1.36 bits per heavy atom. The quantitative estimate of drug-likeness (QED) is 0.497. The fraction of sp³-hybridized carbons (Fsp3) is 0.600. The summed E-state index contributed by atoms with van der Waals surface area (Å²) in [5.74, 6) is -0.127. The van der Waals surface area contributed by atoms with Crippen molar-refractivity contribution in [2.24, 2.45) is 5.92 Å². The van der Waals surface area contributed by atoms with Gasteiger partial charge in [-0.2, -0.15) is 10.4 Å². The molecule has 1 aliphatic carbocycles.